The SMILES string of the molecule is COc1cc(OC)cc(C(=O)N2CCN(c3cccc[nH+]3)CC2)c1. The van der Waals surface area contributed by atoms with Gasteiger partial charge in [-0.25, -0.2) is 4.98 Å². The van der Waals surface area contributed by atoms with Gasteiger partial charge >= 0.3 is 0 Å². The minimum atomic E-state index is 0.00360. The van der Waals surface area contributed by atoms with E-state index in [1.807, 2.05) is 29.3 Å². The Morgan fingerprint density at radius 1 is 1.00 bits per heavy atom. The predicted molar refractivity (Wildman–Crippen MR) is 90.7 cm³/mol. The molecule has 1 aliphatic rings. The highest BCUT2D eigenvalue weighted by molar-refractivity contribution is 5.95. The third kappa shape index (κ3) is 3.42. The molecule has 0 bridgehead atoms. The first-order valence-electron chi connectivity index (χ1n) is 7.95. The van der Waals surface area contributed by atoms with E-state index in [0.717, 1.165) is 18.9 Å². The molecule has 2 heterocycles. The molecular weight excluding hydrogens is 306 g/mol. The molecule has 2 aromatic rings. The van der Waals surface area contributed by atoms with Crippen molar-refractivity contribution in [1.29, 1.82) is 0 Å². The molecule has 3 rings (SSSR count). The second kappa shape index (κ2) is 7.21. The number of benzene rings is 1. The number of H-pyrrole nitrogens is 1. The Bertz CT molecular complexity index is 676. The van der Waals surface area contributed by atoms with Crippen LogP contribution in [0.3, 0.4) is 0 Å². The van der Waals surface area contributed by atoms with Gasteiger partial charge in [-0.2, -0.15) is 0 Å². The van der Waals surface area contributed by atoms with Crippen molar-refractivity contribution in [2.45, 2.75) is 0 Å². The molecular formula is C18H22N3O3+. The summed E-state index contributed by atoms with van der Waals surface area (Å²) in [7, 11) is 3.16. The lowest BCUT2D eigenvalue weighted by atomic mass is 10.1. The van der Waals surface area contributed by atoms with Crippen molar-refractivity contribution in [2.24, 2.45) is 0 Å². The lowest BCUT2D eigenvalue weighted by Crippen LogP contribution is -2.50. The standard InChI is InChI=1S/C18H21N3O3/c1-23-15-11-14(12-16(13-15)24-2)18(22)21-9-7-20(8-10-21)17-5-3-4-6-19-17/h3-6,11-13H,7-10H2,1-2H3/p+1. The van der Waals surface area contributed by atoms with Gasteiger partial charge in [0.05, 0.1) is 33.5 Å². The van der Waals surface area contributed by atoms with E-state index in [-0.39, 0.29) is 5.91 Å². The molecule has 1 fully saturated rings. The van der Waals surface area contributed by atoms with Gasteiger partial charge in [0.2, 0.25) is 0 Å². The molecule has 0 atom stereocenters. The summed E-state index contributed by atoms with van der Waals surface area (Å²) >= 11 is 0. The smallest absolute Gasteiger partial charge is 0.274 e. The lowest BCUT2D eigenvalue weighted by Gasteiger charge is -2.31. The van der Waals surface area contributed by atoms with Crippen molar-refractivity contribution in [3.8, 4) is 11.5 Å². The van der Waals surface area contributed by atoms with Crippen molar-refractivity contribution >= 4 is 11.7 Å². The van der Waals surface area contributed by atoms with Crippen molar-refractivity contribution in [3.05, 3.63) is 48.2 Å². The number of nitrogens with zero attached hydrogens (tertiary/aromatic N) is 2. The first kappa shape index (κ1) is 16.1. The Labute approximate surface area is 141 Å². The average molecular weight is 328 g/mol. The summed E-state index contributed by atoms with van der Waals surface area (Å²) in [4.78, 5) is 20.1. The molecule has 1 saturated heterocycles. The number of piperazine rings is 1. The number of carbonyl (C=O) groups is 1. The molecule has 1 aliphatic heterocycles. The van der Waals surface area contributed by atoms with E-state index in [2.05, 4.69) is 9.88 Å². The summed E-state index contributed by atoms with van der Waals surface area (Å²) in [5, 5.41) is 0. The maximum absolute atomic E-state index is 12.8. The Morgan fingerprint density at radius 3 is 2.21 bits per heavy atom. The zero-order valence-corrected chi connectivity index (χ0v) is 14.0. The number of carbonyl (C=O) groups excluding carboxylic acids is 1. The number of nitrogens with one attached hydrogen (secondary N) is 1. The molecule has 1 amide bonds. The van der Waals surface area contributed by atoms with Crippen LogP contribution in [0.2, 0.25) is 0 Å². The highest BCUT2D eigenvalue weighted by Gasteiger charge is 2.27. The van der Waals surface area contributed by atoms with Crippen LogP contribution in [0.4, 0.5) is 5.82 Å². The summed E-state index contributed by atoms with van der Waals surface area (Å²) < 4.78 is 10.5. The van der Waals surface area contributed by atoms with Gasteiger partial charge in [-0.15, -0.1) is 0 Å². The van der Waals surface area contributed by atoms with Gasteiger partial charge in [0, 0.05) is 17.7 Å². The van der Waals surface area contributed by atoms with Gasteiger partial charge in [-0.1, -0.05) is 6.07 Å². The second-order valence-corrected chi connectivity index (χ2v) is 5.63. The molecule has 1 aromatic carbocycles. The zero-order chi connectivity index (χ0) is 16.9. The number of amides is 1. The van der Waals surface area contributed by atoms with Crippen LogP contribution < -0.4 is 19.4 Å². The number of methoxy groups -OCH3 is 2. The molecule has 24 heavy (non-hydrogen) atoms. The van der Waals surface area contributed by atoms with Crippen LogP contribution in [0.1, 0.15) is 10.4 Å². The fraction of sp³-hybridized carbons (Fsp3) is 0.333. The zero-order valence-electron chi connectivity index (χ0n) is 14.0. The summed E-state index contributed by atoms with van der Waals surface area (Å²) in [5.41, 5.74) is 0.589. The molecule has 6 nitrogen and oxygen atoms in total. The van der Waals surface area contributed by atoms with Crippen molar-refractivity contribution in [3.63, 3.8) is 0 Å². The molecule has 6 heteroatoms. The van der Waals surface area contributed by atoms with Gasteiger partial charge < -0.3 is 14.4 Å². The van der Waals surface area contributed by atoms with Gasteiger partial charge in [0.25, 0.3) is 11.7 Å². The Kier molecular flexibility index (Phi) is 4.84. The van der Waals surface area contributed by atoms with E-state index in [0.29, 0.717) is 30.2 Å². The normalized spacial score (nSPS) is 14.4. The molecule has 0 aliphatic carbocycles. The third-order valence-corrected chi connectivity index (χ3v) is 4.20. The number of ether oxygens (including phenoxy) is 2. The molecule has 0 radical (unpaired) electrons. The van der Waals surface area contributed by atoms with Crippen LogP contribution in [0.25, 0.3) is 0 Å². The number of aromatic amines is 1. The monoisotopic (exact) mass is 328 g/mol. The van der Waals surface area contributed by atoms with E-state index >= 15 is 0 Å². The lowest BCUT2D eigenvalue weighted by molar-refractivity contribution is -0.364. The van der Waals surface area contributed by atoms with Crippen molar-refractivity contribution < 1.29 is 19.3 Å². The molecule has 1 N–H and O–H groups in total. The summed E-state index contributed by atoms with van der Waals surface area (Å²) in [6.45, 7) is 2.96. The number of hydrogen-bond acceptors (Lipinski definition) is 4. The largest absolute Gasteiger partial charge is 0.497 e. The van der Waals surface area contributed by atoms with E-state index < -0.39 is 0 Å². The number of aromatic nitrogens is 1. The van der Waals surface area contributed by atoms with Gasteiger partial charge in [0.15, 0.2) is 0 Å². The fourth-order valence-electron chi connectivity index (χ4n) is 2.84. The minimum absolute atomic E-state index is 0.00360. The molecule has 126 valence electrons. The maximum Gasteiger partial charge on any atom is 0.274 e. The van der Waals surface area contributed by atoms with E-state index in [9.17, 15) is 4.79 Å². The van der Waals surface area contributed by atoms with Crippen molar-refractivity contribution in [1.82, 2.24) is 4.90 Å². The first-order chi connectivity index (χ1) is 11.7. The fourth-order valence-corrected chi connectivity index (χ4v) is 2.84. The average Bonchev–Trinajstić information content (AvgIpc) is 2.67. The number of pyridine rings is 1. The van der Waals surface area contributed by atoms with Crippen LogP contribution in [0, 0.1) is 0 Å². The number of hydrogen-bond donors (Lipinski definition) is 0. The Balaban J connectivity index is 1.69. The van der Waals surface area contributed by atoms with E-state index in [4.69, 9.17) is 9.47 Å². The minimum Gasteiger partial charge on any atom is -0.497 e. The quantitative estimate of drug-likeness (QED) is 0.853. The highest BCUT2D eigenvalue weighted by Crippen LogP contribution is 2.24. The van der Waals surface area contributed by atoms with Crippen LogP contribution in [0.15, 0.2) is 42.6 Å². The van der Waals surface area contributed by atoms with Gasteiger partial charge in [-0.05, 0) is 18.2 Å². The van der Waals surface area contributed by atoms with Gasteiger partial charge in [0.1, 0.15) is 24.6 Å². The molecule has 1 aromatic heterocycles. The maximum atomic E-state index is 12.8. The van der Waals surface area contributed by atoms with Crippen molar-refractivity contribution in [2.75, 3.05) is 45.3 Å². The second-order valence-electron chi connectivity index (χ2n) is 5.63. The Morgan fingerprint density at radius 2 is 1.67 bits per heavy atom. The van der Waals surface area contributed by atoms with Crippen LogP contribution in [-0.4, -0.2) is 51.2 Å². The molecule has 0 spiro atoms. The summed E-state index contributed by atoms with van der Waals surface area (Å²) in [5.74, 6) is 2.32. The van der Waals surface area contributed by atoms with E-state index in [1.54, 1.807) is 32.4 Å². The summed E-state index contributed by atoms with van der Waals surface area (Å²) in [6.07, 6.45) is 1.91. The topological polar surface area (TPSA) is 56.2 Å². The highest BCUT2D eigenvalue weighted by atomic mass is 16.5. The number of anilines is 1. The number of rotatable bonds is 4. The van der Waals surface area contributed by atoms with Gasteiger partial charge in [-0.3, -0.25) is 9.69 Å². The van der Waals surface area contributed by atoms with Crippen LogP contribution >= 0.6 is 0 Å². The molecule has 0 unspecified atom stereocenters. The van der Waals surface area contributed by atoms with Crippen LogP contribution in [0.5, 0.6) is 11.5 Å². The third-order valence-electron chi connectivity index (χ3n) is 4.20. The van der Waals surface area contributed by atoms with E-state index in [1.165, 1.54) is 0 Å². The first-order valence-corrected chi connectivity index (χ1v) is 7.95. The predicted octanol–water partition coefficient (Wildman–Crippen LogP) is 1.48. The molecule has 0 saturated carbocycles. The summed E-state index contributed by atoms with van der Waals surface area (Å²) in [6, 6.07) is 11.3. The Hall–Kier alpha value is -2.76. The van der Waals surface area contributed by atoms with Crippen LogP contribution in [-0.2, 0) is 0 Å².